The van der Waals surface area contributed by atoms with E-state index in [4.69, 9.17) is 0 Å². The average molecular weight is 383 g/mol. The number of rotatable bonds is 8. The lowest BCUT2D eigenvalue weighted by atomic mass is 10.2. The Balaban J connectivity index is 2.18. The third-order valence-electron chi connectivity index (χ3n) is 3.79. The van der Waals surface area contributed by atoms with Gasteiger partial charge in [0.05, 0.1) is 9.79 Å². The average Bonchev–Trinajstić information content (AvgIpc) is 2.62. The molecule has 0 aliphatic heterocycles. The maximum absolute atomic E-state index is 12.4. The van der Waals surface area contributed by atoms with Crippen LogP contribution in [0.2, 0.25) is 0 Å². The van der Waals surface area contributed by atoms with Crippen molar-refractivity contribution in [2.75, 3.05) is 13.1 Å². The van der Waals surface area contributed by atoms with Crippen molar-refractivity contribution >= 4 is 20.0 Å². The fourth-order valence-electron chi connectivity index (χ4n) is 2.36. The summed E-state index contributed by atoms with van der Waals surface area (Å²) in [6.45, 7) is 4.40. The first-order chi connectivity index (χ1) is 11.8. The maximum Gasteiger partial charge on any atom is 0.243 e. The molecule has 136 valence electrons. The second-order valence-electron chi connectivity index (χ2n) is 5.37. The lowest BCUT2D eigenvalue weighted by Crippen LogP contribution is -2.30. The summed E-state index contributed by atoms with van der Waals surface area (Å²) in [4.78, 5) is 0.111. The normalized spacial score (nSPS) is 12.4. The molecule has 2 aromatic rings. The highest BCUT2D eigenvalue weighted by atomic mass is 32.2. The molecule has 0 aliphatic carbocycles. The van der Waals surface area contributed by atoms with E-state index in [0.717, 1.165) is 5.56 Å². The fourth-order valence-corrected chi connectivity index (χ4v) is 4.84. The van der Waals surface area contributed by atoms with Gasteiger partial charge in [0.25, 0.3) is 0 Å². The van der Waals surface area contributed by atoms with Crippen LogP contribution >= 0.6 is 0 Å². The molecular weight excluding hydrogens is 360 g/mol. The molecule has 2 rings (SSSR count). The molecule has 8 heteroatoms. The molecule has 0 saturated carbocycles. The Kier molecular flexibility index (Phi) is 6.34. The molecule has 2 aromatic carbocycles. The van der Waals surface area contributed by atoms with E-state index in [9.17, 15) is 16.8 Å². The summed E-state index contributed by atoms with van der Waals surface area (Å²) < 4.78 is 53.4. The minimum Gasteiger partial charge on any atom is -0.207 e. The van der Waals surface area contributed by atoms with Crippen LogP contribution in [0.4, 0.5) is 0 Å². The summed E-state index contributed by atoms with van der Waals surface area (Å²) in [5.74, 6) is 0. The molecule has 0 heterocycles. The van der Waals surface area contributed by atoms with Gasteiger partial charge in [-0.05, 0) is 29.8 Å². The van der Waals surface area contributed by atoms with E-state index in [-0.39, 0.29) is 16.3 Å². The topological polar surface area (TPSA) is 83.6 Å². The quantitative estimate of drug-likeness (QED) is 0.759. The van der Waals surface area contributed by atoms with Crippen LogP contribution in [0.1, 0.15) is 19.4 Å². The van der Waals surface area contributed by atoms with Crippen LogP contribution in [0.5, 0.6) is 0 Å². The number of hydrogen-bond acceptors (Lipinski definition) is 4. The summed E-state index contributed by atoms with van der Waals surface area (Å²) in [6, 6.07) is 14.4. The SMILES string of the molecule is CCN(CC)S(=O)(=O)c1ccc(S(=O)(=O)NCc2ccccc2)cc1. The van der Waals surface area contributed by atoms with Crippen LogP contribution in [0.3, 0.4) is 0 Å². The second kappa shape index (κ2) is 8.09. The van der Waals surface area contributed by atoms with Crippen molar-refractivity contribution in [1.82, 2.24) is 9.03 Å². The fraction of sp³-hybridized carbons (Fsp3) is 0.294. The highest BCUT2D eigenvalue weighted by molar-refractivity contribution is 7.89. The first kappa shape index (κ1) is 19.6. The van der Waals surface area contributed by atoms with E-state index in [1.54, 1.807) is 13.8 Å². The number of benzene rings is 2. The Morgan fingerprint density at radius 3 is 1.84 bits per heavy atom. The zero-order chi connectivity index (χ0) is 18.5. The lowest BCUT2D eigenvalue weighted by molar-refractivity contribution is 0.445. The van der Waals surface area contributed by atoms with Gasteiger partial charge in [-0.15, -0.1) is 0 Å². The minimum atomic E-state index is -3.71. The summed E-state index contributed by atoms with van der Waals surface area (Å²) in [5.41, 5.74) is 0.840. The largest absolute Gasteiger partial charge is 0.243 e. The van der Waals surface area contributed by atoms with Gasteiger partial charge in [-0.3, -0.25) is 0 Å². The summed E-state index contributed by atoms with van der Waals surface area (Å²) in [7, 11) is -7.31. The molecule has 0 radical (unpaired) electrons. The minimum absolute atomic E-state index is 0.0296. The standard InChI is InChI=1S/C17H22N2O4S2/c1-3-19(4-2)25(22,23)17-12-10-16(11-13-17)24(20,21)18-14-15-8-6-5-7-9-15/h5-13,18H,3-4,14H2,1-2H3. The molecule has 0 atom stereocenters. The summed E-state index contributed by atoms with van der Waals surface area (Å²) in [6.07, 6.45) is 0. The predicted molar refractivity (Wildman–Crippen MR) is 97.0 cm³/mol. The Morgan fingerprint density at radius 2 is 1.32 bits per heavy atom. The van der Waals surface area contributed by atoms with Crippen LogP contribution in [-0.2, 0) is 26.6 Å². The summed E-state index contributed by atoms with van der Waals surface area (Å²) in [5, 5.41) is 0. The zero-order valence-corrected chi connectivity index (χ0v) is 15.8. The van der Waals surface area contributed by atoms with E-state index in [1.807, 2.05) is 30.3 Å². The van der Waals surface area contributed by atoms with E-state index in [0.29, 0.717) is 13.1 Å². The molecule has 0 unspecified atom stereocenters. The monoisotopic (exact) mass is 382 g/mol. The Labute approximate surface area is 149 Å². The molecule has 0 amide bonds. The van der Waals surface area contributed by atoms with E-state index < -0.39 is 20.0 Å². The third-order valence-corrected chi connectivity index (χ3v) is 7.27. The van der Waals surface area contributed by atoms with E-state index in [2.05, 4.69) is 4.72 Å². The van der Waals surface area contributed by atoms with Crippen molar-refractivity contribution in [2.45, 2.75) is 30.2 Å². The van der Waals surface area contributed by atoms with Gasteiger partial charge in [0.1, 0.15) is 0 Å². The van der Waals surface area contributed by atoms with Crippen molar-refractivity contribution in [3.8, 4) is 0 Å². The van der Waals surface area contributed by atoms with Crippen molar-refractivity contribution < 1.29 is 16.8 Å². The molecule has 0 spiro atoms. The van der Waals surface area contributed by atoms with Crippen molar-refractivity contribution in [3.63, 3.8) is 0 Å². The highest BCUT2D eigenvalue weighted by Gasteiger charge is 2.22. The van der Waals surface area contributed by atoms with Gasteiger partial charge in [0.2, 0.25) is 20.0 Å². The van der Waals surface area contributed by atoms with Crippen molar-refractivity contribution in [2.24, 2.45) is 0 Å². The maximum atomic E-state index is 12.4. The van der Waals surface area contributed by atoms with Gasteiger partial charge in [-0.1, -0.05) is 44.2 Å². The molecule has 0 saturated heterocycles. The van der Waals surface area contributed by atoms with Crippen LogP contribution in [0.15, 0.2) is 64.4 Å². The number of nitrogens with zero attached hydrogens (tertiary/aromatic N) is 1. The lowest BCUT2D eigenvalue weighted by Gasteiger charge is -2.18. The molecule has 25 heavy (non-hydrogen) atoms. The first-order valence-electron chi connectivity index (χ1n) is 7.95. The molecular formula is C17H22N2O4S2. The first-order valence-corrected chi connectivity index (χ1v) is 10.9. The molecule has 1 N–H and O–H groups in total. The molecule has 0 bridgehead atoms. The van der Waals surface area contributed by atoms with Crippen molar-refractivity contribution in [1.29, 1.82) is 0 Å². The van der Waals surface area contributed by atoms with Gasteiger partial charge < -0.3 is 0 Å². The Bertz CT molecular complexity index is 889. The molecule has 6 nitrogen and oxygen atoms in total. The van der Waals surface area contributed by atoms with Crippen LogP contribution in [0, 0.1) is 0 Å². The number of sulfonamides is 2. The van der Waals surface area contributed by atoms with Gasteiger partial charge in [0.15, 0.2) is 0 Å². The van der Waals surface area contributed by atoms with E-state index >= 15 is 0 Å². The molecule has 0 aromatic heterocycles. The molecule has 0 aliphatic rings. The Morgan fingerprint density at radius 1 is 0.800 bits per heavy atom. The highest BCUT2D eigenvalue weighted by Crippen LogP contribution is 2.18. The molecule has 0 fully saturated rings. The second-order valence-corrected chi connectivity index (χ2v) is 9.08. The Hall–Kier alpha value is -1.74. The van der Waals surface area contributed by atoms with Gasteiger partial charge in [-0.2, -0.15) is 4.31 Å². The van der Waals surface area contributed by atoms with Crippen LogP contribution < -0.4 is 4.72 Å². The van der Waals surface area contributed by atoms with Gasteiger partial charge in [-0.25, -0.2) is 21.6 Å². The number of nitrogens with one attached hydrogen (secondary N) is 1. The third kappa shape index (κ3) is 4.66. The van der Waals surface area contributed by atoms with Crippen LogP contribution in [-0.4, -0.2) is 34.2 Å². The van der Waals surface area contributed by atoms with Gasteiger partial charge >= 0.3 is 0 Å². The zero-order valence-electron chi connectivity index (χ0n) is 14.2. The smallest absolute Gasteiger partial charge is 0.207 e. The van der Waals surface area contributed by atoms with Crippen LogP contribution in [0.25, 0.3) is 0 Å². The van der Waals surface area contributed by atoms with Crippen molar-refractivity contribution in [3.05, 3.63) is 60.2 Å². The summed E-state index contributed by atoms with van der Waals surface area (Å²) >= 11 is 0. The number of hydrogen-bond donors (Lipinski definition) is 1. The van der Waals surface area contributed by atoms with Gasteiger partial charge in [0, 0.05) is 19.6 Å². The van der Waals surface area contributed by atoms with E-state index in [1.165, 1.54) is 28.6 Å². The predicted octanol–water partition coefficient (Wildman–Crippen LogP) is 2.20.